The number of esters is 1. The van der Waals surface area contributed by atoms with Crippen molar-refractivity contribution in [2.24, 2.45) is 5.73 Å². The first kappa shape index (κ1) is 20.9. The van der Waals surface area contributed by atoms with Crippen LogP contribution in [0, 0.1) is 0 Å². The molecule has 0 unspecified atom stereocenters. The molecule has 0 saturated carbocycles. The summed E-state index contributed by atoms with van der Waals surface area (Å²) in [7, 11) is 3.06. The Morgan fingerprint density at radius 2 is 1.41 bits per heavy atom. The summed E-state index contributed by atoms with van der Waals surface area (Å²) in [5.74, 6) is 0.437. The fourth-order valence-corrected chi connectivity index (χ4v) is 3.33. The standard InChI is InChI=1S/C25H21N3O4/c1-30-20-13-18-19(14-21(20)31-2)27-15-28-24(18)32-25(29)22(16-9-5-3-6-10-16)23(26)17-11-7-4-8-12-17/h3-15H,26H2,1-2H3/b23-22+. The summed E-state index contributed by atoms with van der Waals surface area (Å²) in [6.07, 6.45) is 1.32. The first-order chi connectivity index (χ1) is 15.6. The van der Waals surface area contributed by atoms with Gasteiger partial charge in [-0.25, -0.2) is 14.8 Å². The summed E-state index contributed by atoms with van der Waals surface area (Å²) in [5.41, 5.74) is 8.87. The van der Waals surface area contributed by atoms with Gasteiger partial charge in [0, 0.05) is 6.07 Å². The number of aromatic nitrogens is 2. The largest absolute Gasteiger partial charge is 0.493 e. The number of methoxy groups -OCH3 is 2. The van der Waals surface area contributed by atoms with Crippen LogP contribution >= 0.6 is 0 Å². The second-order valence-corrected chi connectivity index (χ2v) is 6.81. The summed E-state index contributed by atoms with van der Waals surface area (Å²) in [6, 6.07) is 21.8. The smallest absolute Gasteiger partial charge is 0.347 e. The molecule has 0 aliphatic heterocycles. The molecular weight excluding hydrogens is 406 g/mol. The van der Waals surface area contributed by atoms with Crippen LogP contribution in [0.5, 0.6) is 17.4 Å². The fourth-order valence-electron chi connectivity index (χ4n) is 3.33. The lowest BCUT2D eigenvalue weighted by Gasteiger charge is -2.14. The van der Waals surface area contributed by atoms with E-state index < -0.39 is 5.97 Å². The fraction of sp³-hybridized carbons (Fsp3) is 0.0800. The maximum Gasteiger partial charge on any atom is 0.347 e. The Bertz CT molecular complexity index is 1290. The van der Waals surface area contributed by atoms with E-state index in [1.54, 1.807) is 24.3 Å². The number of nitrogens with two attached hydrogens (primary N) is 1. The molecule has 0 aliphatic rings. The molecule has 32 heavy (non-hydrogen) atoms. The number of fused-ring (bicyclic) bond motifs is 1. The minimum Gasteiger partial charge on any atom is -0.493 e. The molecule has 4 aromatic rings. The number of ether oxygens (including phenoxy) is 3. The highest BCUT2D eigenvalue weighted by atomic mass is 16.5. The van der Waals surface area contributed by atoms with Gasteiger partial charge in [-0.1, -0.05) is 60.7 Å². The molecule has 7 heteroatoms. The van der Waals surface area contributed by atoms with Crippen LogP contribution in [0.4, 0.5) is 0 Å². The molecule has 3 aromatic carbocycles. The highest BCUT2D eigenvalue weighted by Gasteiger charge is 2.22. The van der Waals surface area contributed by atoms with E-state index in [4.69, 9.17) is 19.9 Å². The number of carbonyl (C=O) groups excluding carboxylic acids is 1. The van der Waals surface area contributed by atoms with Crippen molar-refractivity contribution in [3.8, 4) is 17.4 Å². The van der Waals surface area contributed by atoms with Gasteiger partial charge in [0.05, 0.1) is 36.4 Å². The van der Waals surface area contributed by atoms with E-state index in [1.165, 1.54) is 20.5 Å². The van der Waals surface area contributed by atoms with Crippen LogP contribution in [0.1, 0.15) is 11.1 Å². The van der Waals surface area contributed by atoms with E-state index in [0.29, 0.717) is 39.2 Å². The lowest BCUT2D eigenvalue weighted by atomic mass is 10.00. The molecule has 160 valence electrons. The highest BCUT2D eigenvalue weighted by Crippen LogP contribution is 2.35. The third-order valence-corrected chi connectivity index (χ3v) is 4.91. The second-order valence-electron chi connectivity index (χ2n) is 6.81. The first-order valence-corrected chi connectivity index (χ1v) is 9.82. The number of carbonyl (C=O) groups is 1. The Labute approximate surface area is 185 Å². The summed E-state index contributed by atoms with van der Waals surface area (Å²) in [6.45, 7) is 0. The van der Waals surface area contributed by atoms with Crippen LogP contribution in [-0.2, 0) is 4.79 Å². The molecule has 0 aliphatic carbocycles. The lowest BCUT2D eigenvalue weighted by Crippen LogP contribution is -2.16. The number of nitrogens with zero attached hydrogens (tertiary/aromatic N) is 2. The normalized spacial score (nSPS) is 11.6. The van der Waals surface area contributed by atoms with Crippen LogP contribution in [0.3, 0.4) is 0 Å². The molecule has 4 rings (SSSR count). The van der Waals surface area contributed by atoms with Crippen molar-refractivity contribution in [3.05, 3.63) is 90.3 Å². The predicted molar refractivity (Wildman–Crippen MR) is 122 cm³/mol. The van der Waals surface area contributed by atoms with Gasteiger partial charge in [-0.05, 0) is 17.2 Å². The zero-order valence-electron chi connectivity index (χ0n) is 17.6. The van der Waals surface area contributed by atoms with Crippen molar-refractivity contribution >= 4 is 28.1 Å². The van der Waals surface area contributed by atoms with Crippen LogP contribution in [0.15, 0.2) is 79.1 Å². The summed E-state index contributed by atoms with van der Waals surface area (Å²) in [5, 5.41) is 0.504. The molecule has 0 atom stereocenters. The average Bonchev–Trinajstić information content (AvgIpc) is 2.84. The summed E-state index contributed by atoms with van der Waals surface area (Å²) >= 11 is 0. The number of hydrogen-bond donors (Lipinski definition) is 1. The van der Waals surface area contributed by atoms with E-state index >= 15 is 0 Å². The number of rotatable bonds is 6. The molecule has 0 fully saturated rings. The zero-order chi connectivity index (χ0) is 22.5. The van der Waals surface area contributed by atoms with Crippen LogP contribution in [0.25, 0.3) is 22.2 Å². The van der Waals surface area contributed by atoms with E-state index in [9.17, 15) is 4.79 Å². The van der Waals surface area contributed by atoms with Gasteiger partial charge in [0.1, 0.15) is 6.33 Å². The summed E-state index contributed by atoms with van der Waals surface area (Å²) in [4.78, 5) is 21.8. The topological polar surface area (TPSA) is 96.6 Å². The van der Waals surface area contributed by atoms with E-state index in [2.05, 4.69) is 9.97 Å². The molecule has 1 aromatic heterocycles. The number of benzene rings is 3. The second kappa shape index (κ2) is 9.18. The van der Waals surface area contributed by atoms with Gasteiger partial charge in [0.15, 0.2) is 11.5 Å². The third-order valence-electron chi connectivity index (χ3n) is 4.91. The van der Waals surface area contributed by atoms with Gasteiger partial charge in [-0.15, -0.1) is 0 Å². The average molecular weight is 427 g/mol. The van der Waals surface area contributed by atoms with Gasteiger partial charge in [-0.2, -0.15) is 0 Å². The predicted octanol–water partition coefficient (Wildman–Crippen LogP) is 4.08. The van der Waals surface area contributed by atoms with E-state index in [0.717, 1.165) is 0 Å². The SMILES string of the molecule is COc1cc2ncnc(OC(=O)/C(=C(/N)c3ccccc3)c3ccccc3)c2cc1OC. The van der Waals surface area contributed by atoms with Gasteiger partial charge in [-0.3, -0.25) is 0 Å². The Hall–Kier alpha value is -4.39. The molecule has 0 spiro atoms. The molecule has 0 bridgehead atoms. The molecule has 7 nitrogen and oxygen atoms in total. The van der Waals surface area contributed by atoms with Crippen molar-refractivity contribution in [3.63, 3.8) is 0 Å². The lowest BCUT2D eigenvalue weighted by molar-refractivity contribution is -0.128. The van der Waals surface area contributed by atoms with Crippen LogP contribution < -0.4 is 19.9 Å². The van der Waals surface area contributed by atoms with Crippen molar-refractivity contribution in [2.75, 3.05) is 14.2 Å². The molecule has 0 radical (unpaired) electrons. The van der Waals surface area contributed by atoms with Crippen molar-refractivity contribution in [2.45, 2.75) is 0 Å². The monoisotopic (exact) mass is 427 g/mol. The number of hydrogen-bond acceptors (Lipinski definition) is 7. The van der Waals surface area contributed by atoms with Gasteiger partial charge < -0.3 is 19.9 Å². The molecule has 0 saturated heterocycles. The highest BCUT2D eigenvalue weighted by molar-refractivity contribution is 6.25. The maximum absolute atomic E-state index is 13.4. The van der Waals surface area contributed by atoms with E-state index in [-0.39, 0.29) is 11.5 Å². The van der Waals surface area contributed by atoms with Gasteiger partial charge in [0.25, 0.3) is 0 Å². The van der Waals surface area contributed by atoms with Crippen molar-refractivity contribution in [1.29, 1.82) is 0 Å². The molecular formula is C25H21N3O4. The van der Waals surface area contributed by atoms with Gasteiger partial charge in [0.2, 0.25) is 5.88 Å². The first-order valence-electron chi connectivity index (χ1n) is 9.82. The maximum atomic E-state index is 13.4. The Balaban J connectivity index is 1.81. The molecule has 0 amide bonds. The van der Waals surface area contributed by atoms with Crippen molar-refractivity contribution < 1.29 is 19.0 Å². The van der Waals surface area contributed by atoms with Crippen LogP contribution in [0.2, 0.25) is 0 Å². The minimum atomic E-state index is -0.632. The zero-order valence-corrected chi connectivity index (χ0v) is 17.6. The Morgan fingerprint density at radius 1 is 0.812 bits per heavy atom. The van der Waals surface area contributed by atoms with Gasteiger partial charge >= 0.3 is 5.97 Å². The molecule has 1 heterocycles. The third kappa shape index (κ3) is 4.09. The molecule has 2 N–H and O–H groups in total. The van der Waals surface area contributed by atoms with Crippen LogP contribution in [-0.4, -0.2) is 30.2 Å². The Kier molecular flexibility index (Phi) is 5.98. The summed E-state index contributed by atoms with van der Waals surface area (Å²) < 4.78 is 16.4. The quantitative estimate of drug-likeness (QED) is 0.281. The van der Waals surface area contributed by atoms with E-state index in [1.807, 2.05) is 48.5 Å². The minimum absolute atomic E-state index is 0.0928. The Morgan fingerprint density at radius 3 is 2.03 bits per heavy atom. The van der Waals surface area contributed by atoms with Crippen molar-refractivity contribution in [1.82, 2.24) is 9.97 Å².